The molecule has 0 aliphatic heterocycles. The molecule has 0 aliphatic rings. The molecule has 0 radical (unpaired) electrons. The predicted molar refractivity (Wildman–Crippen MR) is 174 cm³/mol. The van der Waals surface area contributed by atoms with Gasteiger partial charge in [-0.05, 0) is 97.7 Å². The summed E-state index contributed by atoms with van der Waals surface area (Å²) in [4.78, 5) is 9.54. The number of methoxy groups -OCH3 is 2. The van der Waals surface area contributed by atoms with Crippen LogP contribution in [0.15, 0.2) is 72.8 Å². The van der Waals surface area contributed by atoms with Gasteiger partial charge in [0.25, 0.3) is 0 Å². The molecule has 0 aliphatic carbocycles. The van der Waals surface area contributed by atoms with Crippen molar-refractivity contribution in [3.05, 3.63) is 94.0 Å². The van der Waals surface area contributed by atoms with Gasteiger partial charge in [0.15, 0.2) is 0 Å². The van der Waals surface area contributed by atoms with Crippen LogP contribution in [0.25, 0.3) is 43.6 Å². The Kier molecular flexibility index (Phi) is 8.58. The first-order valence-corrected chi connectivity index (χ1v) is 14.8. The van der Waals surface area contributed by atoms with Crippen LogP contribution in [0.4, 0.5) is 0 Å². The maximum Gasteiger partial charge on any atom is 0.119 e. The first-order chi connectivity index (χ1) is 20.5. The molecule has 0 atom stereocenters. The van der Waals surface area contributed by atoms with E-state index in [1.54, 1.807) is 14.2 Å². The zero-order valence-corrected chi connectivity index (χ0v) is 25.1. The van der Waals surface area contributed by atoms with Crippen molar-refractivity contribution in [1.82, 2.24) is 20.6 Å². The summed E-state index contributed by atoms with van der Waals surface area (Å²) in [5.41, 5.74) is 5.88. The van der Waals surface area contributed by atoms with Crippen LogP contribution in [0, 0.1) is 0 Å². The Balaban J connectivity index is 0.986. The number of aromatic nitrogens is 2. The smallest absolute Gasteiger partial charge is 0.119 e. The second-order valence-corrected chi connectivity index (χ2v) is 11.1. The summed E-state index contributed by atoms with van der Waals surface area (Å²) >= 11 is 13.6. The van der Waals surface area contributed by atoms with Crippen molar-refractivity contribution in [1.29, 1.82) is 0 Å². The van der Waals surface area contributed by atoms with E-state index in [9.17, 15) is 0 Å². The van der Waals surface area contributed by atoms with Crippen LogP contribution in [-0.4, -0.2) is 37.3 Å². The molecule has 214 valence electrons. The normalized spacial score (nSPS) is 11.6. The molecule has 2 aromatic heterocycles. The van der Waals surface area contributed by atoms with Crippen molar-refractivity contribution < 1.29 is 9.47 Å². The van der Waals surface area contributed by atoms with E-state index in [1.807, 2.05) is 48.5 Å². The van der Waals surface area contributed by atoms with Gasteiger partial charge in [0.2, 0.25) is 0 Å². The zero-order chi connectivity index (χ0) is 29.1. The predicted octanol–water partition coefficient (Wildman–Crippen LogP) is 8.07. The van der Waals surface area contributed by atoms with Crippen LogP contribution in [-0.2, 0) is 13.1 Å². The lowest BCUT2D eigenvalue weighted by molar-refractivity contribution is 0.415. The third kappa shape index (κ3) is 5.94. The maximum absolute atomic E-state index is 6.79. The first-order valence-electron chi connectivity index (χ1n) is 14.1. The Morgan fingerprint density at radius 2 is 0.929 bits per heavy atom. The average Bonchev–Trinajstić information content (AvgIpc) is 3.02. The molecule has 6 rings (SSSR count). The van der Waals surface area contributed by atoms with E-state index in [-0.39, 0.29) is 0 Å². The van der Waals surface area contributed by atoms with Crippen LogP contribution in [0.3, 0.4) is 0 Å². The molecule has 8 heteroatoms. The molecule has 0 saturated heterocycles. The molecular weight excluding hydrogens is 567 g/mol. The SMILES string of the molecule is COc1ccc2nc3ccc(CNCCCCNCc4ccc5nc6ccc(OC)cc6c(Cl)c5c4)cc3c(Cl)c2c1. The number of nitrogens with one attached hydrogen (secondary N) is 2. The van der Waals surface area contributed by atoms with Gasteiger partial charge in [0, 0.05) is 34.6 Å². The minimum Gasteiger partial charge on any atom is -0.497 e. The highest BCUT2D eigenvalue weighted by atomic mass is 35.5. The van der Waals surface area contributed by atoms with Crippen LogP contribution < -0.4 is 20.1 Å². The van der Waals surface area contributed by atoms with Crippen molar-refractivity contribution in [2.75, 3.05) is 27.3 Å². The molecule has 6 aromatic rings. The molecule has 0 unspecified atom stereocenters. The number of unbranched alkanes of at least 4 members (excludes halogenated alkanes) is 1. The van der Waals surface area contributed by atoms with Crippen molar-refractivity contribution in [3.8, 4) is 11.5 Å². The van der Waals surface area contributed by atoms with E-state index in [0.717, 1.165) is 94.1 Å². The van der Waals surface area contributed by atoms with Gasteiger partial charge >= 0.3 is 0 Å². The van der Waals surface area contributed by atoms with Gasteiger partial charge < -0.3 is 20.1 Å². The summed E-state index contributed by atoms with van der Waals surface area (Å²) < 4.78 is 10.7. The first kappa shape index (κ1) is 28.4. The second-order valence-electron chi connectivity index (χ2n) is 10.4. The van der Waals surface area contributed by atoms with Gasteiger partial charge in [-0.3, -0.25) is 0 Å². The maximum atomic E-state index is 6.79. The van der Waals surface area contributed by atoms with Crippen LogP contribution in [0.5, 0.6) is 11.5 Å². The Bertz CT molecular complexity index is 1770. The fraction of sp³-hybridized carbons (Fsp3) is 0.235. The number of hydrogen-bond acceptors (Lipinski definition) is 6. The molecule has 0 amide bonds. The number of benzene rings is 4. The van der Waals surface area contributed by atoms with Gasteiger partial charge in [-0.25, -0.2) is 9.97 Å². The van der Waals surface area contributed by atoms with Crippen LogP contribution >= 0.6 is 23.2 Å². The summed E-state index contributed by atoms with van der Waals surface area (Å²) in [6, 6.07) is 24.1. The summed E-state index contributed by atoms with van der Waals surface area (Å²) in [6.07, 6.45) is 2.16. The molecule has 4 aromatic carbocycles. The number of halogens is 2. The Hall–Kier alpha value is -3.68. The van der Waals surface area contributed by atoms with Gasteiger partial charge in [-0.15, -0.1) is 0 Å². The van der Waals surface area contributed by atoms with E-state index in [0.29, 0.717) is 10.0 Å². The van der Waals surface area contributed by atoms with E-state index >= 15 is 0 Å². The summed E-state index contributed by atoms with van der Waals surface area (Å²) in [5, 5.41) is 12.3. The third-order valence-electron chi connectivity index (χ3n) is 7.57. The molecule has 0 fully saturated rings. The fourth-order valence-electron chi connectivity index (χ4n) is 5.28. The van der Waals surface area contributed by atoms with Gasteiger partial charge in [0.05, 0.1) is 46.3 Å². The lowest BCUT2D eigenvalue weighted by atomic mass is 10.1. The van der Waals surface area contributed by atoms with Crippen molar-refractivity contribution in [2.24, 2.45) is 0 Å². The van der Waals surface area contributed by atoms with Gasteiger partial charge in [0.1, 0.15) is 11.5 Å². The molecule has 2 N–H and O–H groups in total. The molecular formula is C34H32Cl2N4O2. The minimum absolute atomic E-state index is 0.709. The molecule has 0 bridgehead atoms. The summed E-state index contributed by atoms with van der Waals surface area (Å²) in [5.74, 6) is 1.54. The Labute approximate surface area is 255 Å². The molecule has 42 heavy (non-hydrogen) atoms. The largest absolute Gasteiger partial charge is 0.497 e. The van der Waals surface area contributed by atoms with Crippen molar-refractivity contribution in [3.63, 3.8) is 0 Å². The second kappa shape index (κ2) is 12.7. The monoisotopic (exact) mass is 598 g/mol. The zero-order valence-electron chi connectivity index (χ0n) is 23.6. The number of fused-ring (bicyclic) bond motifs is 4. The van der Waals surface area contributed by atoms with Crippen LogP contribution in [0.2, 0.25) is 10.0 Å². The Morgan fingerprint density at radius 3 is 1.33 bits per heavy atom. The molecule has 0 spiro atoms. The number of pyridine rings is 2. The van der Waals surface area contributed by atoms with Crippen molar-refractivity contribution in [2.45, 2.75) is 25.9 Å². The average molecular weight is 600 g/mol. The van der Waals surface area contributed by atoms with E-state index in [4.69, 9.17) is 42.6 Å². The quantitative estimate of drug-likeness (QED) is 0.116. The molecule has 2 heterocycles. The van der Waals surface area contributed by atoms with Gasteiger partial charge in [-0.2, -0.15) is 0 Å². The number of rotatable bonds is 11. The number of ether oxygens (including phenoxy) is 2. The lowest BCUT2D eigenvalue weighted by Gasteiger charge is -2.11. The topological polar surface area (TPSA) is 68.3 Å². The van der Waals surface area contributed by atoms with Crippen molar-refractivity contribution >= 4 is 66.8 Å². The van der Waals surface area contributed by atoms with E-state index in [2.05, 4.69) is 34.9 Å². The Morgan fingerprint density at radius 1 is 0.548 bits per heavy atom. The standard InChI is InChI=1S/C34H32Cl2N4O2/c1-41-23-7-11-31-27(17-23)33(35)25-15-21(5-9-29(25)39-31)19-37-13-3-4-14-38-20-22-6-10-30-26(16-22)34(36)28-18-24(42-2)8-12-32(28)40-30/h5-12,15-18,37-38H,3-4,13-14,19-20H2,1-2H3. The minimum atomic E-state index is 0.709. The molecule has 0 saturated carbocycles. The summed E-state index contributed by atoms with van der Waals surface area (Å²) in [7, 11) is 3.31. The highest BCUT2D eigenvalue weighted by Crippen LogP contribution is 2.34. The fourth-order valence-corrected chi connectivity index (χ4v) is 5.88. The van der Waals surface area contributed by atoms with Crippen LogP contribution in [0.1, 0.15) is 24.0 Å². The van der Waals surface area contributed by atoms with Gasteiger partial charge in [-0.1, -0.05) is 35.3 Å². The summed E-state index contributed by atoms with van der Waals surface area (Å²) in [6.45, 7) is 3.44. The molecule has 6 nitrogen and oxygen atoms in total. The number of nitrogens with zero attached hydrogens (tertiary/aromatic N) is 2. The van der Waals surface area contributed by atoms with E-state index in [1.165, 1.54) is 11.1 Å². The third-order valence-corrected chi connectivity index (χ3v) is 8.39. The highest BCUT2D eigenvalue weighted by molar-refractivity contribution is 6.40. The van der Waals surface area contributed by atoms with E-state index < -0.39 is 0 Å². The number of hydrogen-bond donors (Lipinski definition) is 2. The highest BCUT2D eigenvalue weighted by Gasteiger charge is 2.11. The lowest BCUT2D eigenvalue weighted by Crippen LogP contribution is -2.18.